The topological polar surface area (TPSA) is 34.9 Å². The van der Waals surface area contributed by atoms with Crippen molar-refractivity contribution in [2.45, 2.75) is 33.7 Å². The Bertz CT molecular complexity index is 631. The summed E-state index contributed by atoms with van der Waals surface area (Å²) in [6.45, 7) is 6.22. The van der Waals surface area contributed by atoms with E-state index in [0.29, 0.717) is 14.2 Å². The lowest BCUT2D eigenvalue weighted by molar-refractivity contribution is 0.0967. The lowest BCUT2D eigenvalue weighted by atomic mass is 10.1. The summed E-state index contributed by atoms with van der Waals surface area (Å²) < 4.78 is 2.70. The van der Waals surface area contributed by atoms with Gasteiger partial charge in [-0.3, -0.25) is 9.48 Å². The molecule has 6 heteroatoms. The largest absolute Gasteiger partial charge is 0.292 e. The van der Waals surface area contributed by atoms with Gasteiger partial charge in [0.05, 0.1) is 15.6 Å². The zero-order valence-corrected chi connectivity index (χ0v) is 13.3. The van der Waals surface area contributed by atoms with Gasteiger partial charge in [0.15, 0.2) is 5.78 Å². The quantitative estimate of drug-likeness (QED) is 0.788. The number of carbonyl (C=O) groups is 1. The lowest BCUT2D eigenvalue weighted by Gasteiger charge is -2.03. The Morgan fingerprint density at radius 1 is 1.42 bits per heavy atom. The van der Waals surface area contributed by atoms with Crippen molar-refractivity contribution in [3.8, 4) is 0 Å². The molecule has 0 spiro atoms. The third kappa shape index (κ3) is 2.86. The van der Waals surface area contributed by atoms with E-state index in [4.69, 9.17) is 23.2 Å². The van der Waals surface area contributed by atoms with Gasteiger partial charge in [-0.1, -0.05) is 30.1 Å². The molecule has 0 radical (unpaired) electrons. The average Bonchev–Trinajstić information content (AvgIpc) is 2.80. The Kier molecular flexibility index (Phi) is 4.33. The van der Waals surface area contributed by atoms with E-state index in [2.05, 4.69) is 12.0 Å². The van der Waals surface area contributed by atoms with Crippen LogP contribution in [0.3, 0.4) is 0 Å². The molecule has 2 rings (SSSR count). The molecule has 2 aromatic heterocycles. The highest BCUT2D eigenvalue weighted by Gasteiger charge is 2.17. The van der Waals surface area contributed by atoms with Gasteiger partial charge in [-0.15, -0.1) is 11.3 Å². The zero-order chi connectivity index (χ0) is 14.2. The number of nitrogens with zero attached hydrogens (tertiary/aromatic N) is 2. The Hall–Kier alpha value is -0.840. The number of hydrogen-bond donors (Lipinski definition) is 0. The number of aryl methyl sites for hydroxylation is 1. The smallest absolute Gasteiger partial charge is 0.186 e. The molecule has 0 saturated heterocycles. The second kappa shape index (κ2) is 5.65. The number of thiophene rings is 1. The molecule has 0 bridgehead atoms. The molecule has 0 saturated carbocycles. The van der Waals surface area contributed by atoms with Crippen LogP contribution in [0.15, 0.2) is 6.07 Å². The van der Waals surface area contributed by atoms with Crippen LogP contribution in [0.4, 0.5) is 0 Å². The normalized spacial score (nSPS) is 11.0. The first-order chi connectivity index (χ1) is 8.93. The molecular weight excluding hydrogens is 303 g/mol. The lowest BCUT2D eigenvalue weighted by Crippen LogP contribution is -2.13. The van der Waals surface area contributed by atoms with Crippen LogP contribution in [0.5, 0.6) is 0 Å². The summed E-state index contributed by atoms with van der Waals surface area (Å²) in [5.74, 6) is -0.0681. The molecule has 0 unspecified atom stereocenters. The third-order valence-electron chi connectivity index (χ3n) is 3.14. The molecule has 0 aliphatic carbocycles. The summed E-state index contributed by atoms with van der Waals surface area (Å²) in [6.07, 6.45) is 0.914. The fourth-order valence-corrected chi connectivity index (χ4v) is 3.65. The predicted octanol–water partition coefficient (Wildman–Crippen LogP) is 4.31. The molecule has 0 aliphatic heterocycles. The van der Waals surface area contributed by atoms with E-state index in [-0.39, 0.29) is 12.3 Å². The molecule has 0 aliphatic rings. The van der Waals surface area contributed by atoms with Crippen LogP contribution in [0.1, 0.15) is 34.2 Å². The minimum absolute atomic E-state index is 0.0681. The number of carbonyl (C=O) groups excluding carboxylic acids is 1. The number of hydrogen-bond acceptors (Lipinski definition) is 3. The van der Waals surface area contributed by atoms with Crippen LogP contribution >= 0.6 is 34.5 Å². The van der Waals surface area contributed by atoms with Crippen molar-refractivity contribution in [1.82, 2.24) is 9.78 Å². The van der Waals surface area contributed by atoms with Gasteiger partial charge in [0.25, 0.3) is 0 Å². The summed E-state index contributed by atoms with van der Waals surface area (Å²) in [6, 6.07) is 1.61. The van der Waals surface area contributed by atoms with Gasteiger partial charge >= 0.3 is 0 Å². The van der Waals surface area contributed by atoms with Crippen LogP contribution in [-0.2, 0) is 13.0 Å². The SMILES string of the molecule is CCc1c(C)nn(CC(=O)c2cc(Cl)sc2Cl)c1C. The first kappa shape index (κ1) is 14.6. The van der Waals surface area contributed by atoms with Crippen molar-refractivity contribution in [3.63, 3.8) is 0 Å². The van der Waals surface area contributed by atoms with Gasteiger partial charge in [0.2, 0.25) is 0 Å². The molecule has 19 heavy (non-hydrogen) atoms. The summed E-state index contributed by atoms with van der Waals surface area (Å²) in [5.41, 5.74) is 3.68. The van der Waals surface area contributed by atoms with E-state index in [1.807, 2.05) is 13.8 Å². The van der Waals surface area contributed by atoms with Crippen molar-refractivity contribution in [1.29, 1.82) is 0 Å². The molecule has 0 aromatic carbocycles. The highest BCUT2D eigenvalue weighted by molar-refractivity contribution is 7.20. The maximum absolute atomic E-state index is 12.2. The summed E-state index contributed by atoms with van der Waals surface area (Å²) in [7, 11) is 0. The van der Waals surface area contributed by atoms with Crippen molar-refractivity contribution in [3.05, 3.63) is 37.3 Å². The second-order valence-electron chi connectivity index (χ2n) is 4.32. The van der Waals surface area contributed by atoms with Gasteiger partial charge in [-0.25, -0.2) is 0 Å². The fraction of sp³-hybridized carbons (Fsp3) is 0.385. The first-order valence-electron chi connectivity index (χ1n) is 5.95. The van der Waals surface area contributed by atoms with E-state index in [0.717, 1.165) is 17.8 Å². The molecule has 0 fully saturated rings. The van der Waals surface area contributed by atoms with Gasteiger partial charge in [-0.2, -0.15) is 5.10 Å². The molecule has 0 N–H and O–H groups in total. The number of aromatic nitrogens is 2. The highest BCUT2D eigenvalue weighted by Crippen LogP contribution is 2.31. The van der Waals surface area contributed by atoms with E-state index < -0.39 is 0 Å². The molecular formula is C13H14Cl2N2OS. The van der Waals surface area contributed by atoms with E-state index >= 15 is 0 Å². The van der Waals surface area contributed by atoms with Crippen molar-refractivity contribution in [2.24, 2.45) is 0 Å². The van der Waals surface area contributed by atoms with Crippen molar-refractivity contribution in [2.75, 3.05) is 0 Å². The summed E-state index contributed by atoms with van der Waals surface area (Å²) in [4.78, 5) is 12.2. The van der Waals surface area contributed by atoms with Gasteiger partial charge < -0.3 is 0 Å². The van der Waals surface area contributed by atoms with Gasteiger partial charge in [-0.05, 0) is 31.9 Å². The minimum Gasteiger partial charge on any atom is -0.292 e. The van der Waals surface area contributed by atoms with Gasteiger partial charge in [0, 0.05) is 5.69 Å². The Morgan fingerprint density at radius 2 is 2.11 bits per heavy atom. The second-order valence-corrected chi connectivity index (χ2v) is 6.61. The monoisotopic (exact) mass is 316 g/mol. The Morgan fingerprint density at radius 3 is 2.58 bits per heavy atom. The first-order valence-corrected chi connectivity index (χ1v) is 7.52. The number of ketones is 1. The van der Waals surface area contributed by atoms with Crippen LogP contribution in [0, 0.1) is 13.8 Å². The molecule has 2 aromatic rings. The van der Waals surface area contributed by atoms with E-state index in [9.17, 15) is 4.79 Å². The standard InChI is InChI=1S/C13H14Cl2N2OS/c1-4-9-7(2)16-17(8(9)3)6-11(18)10-5-12(14)19-13(10)15/h5H,4,6H2,1-3H3. The number of rotatable bonds is 4. The maximum atomic E-state index is 12.2. The summed E-state index contributed by atoms with van der Waals surface area (Å²) >= 11 is 13.1. The molecule has 102 valence electrons. The van der Waals surface area contributed by atoms with Crippen molar-refractivity contribution < 1.29 is 4.79 Å². The van der Waals surface area contributed by atoms with Crippen LogP contribution in [0.25, 0.3) is 0 Å². The van der Waals surface area contributed by atoms with Crippen LogP contribution < -0.4 is 0 Å². The average molecular weight is 317 g/mol. The Balaban J connectivity index is 2.27. The molecule has 0 atom stereocenters. The van der Waals surface area contributed by atoms with Crippen LogP contribution in [-0.4, -0.2) is 15.6 Å². The predicted molar refractivity (Wildman–Crippen MR) is 79.7 cm³/mol. The highest BCUT2D eigenvalue weighted by atomic mass is 35.5. The van der Waals surface area contributed by atoms with Crippen molar-refractivity contribution >= 4 is 40.3 Å². The van der Waals surface area contributed by atoms with E-state index in [1.54, 1.807) is 10.7 Å². The summed E-state index contributed by atoms with van der Waals surface area (Å²) in [5, 5.41) is 4.41. The van der Waals surface area contributed by atoms with E-state index in [1.165, 1.54) is 16.9 Å². The molecule has 0 amide bonds. The van der Waals surface area contributed by atoms with Gasteiger partial charge in [0.1, 0.15) is 10.9 Å². The third-order valence-corrected chi connectivity index (χ3v) is 4.62. The molecule has 2 heterocycles. The maximum Gasteiger partial charge on any atom is 0.186 e. The molecule has 3 nitrogen and oxygen atoms in total. The zero-order valence-electron chi connectivity index (χ0n) is 11.0. The fourth-order valence-electron chi connectivity index (χ4n) is 2.15. The van der Waals surface area contributed by atoms with Crippen LogP contribution in [0.2, 0.25) is 8.67 Å². The number of halogens is 2. The number of Topliss-reactive ketones (excluding diaryl/α,β-unsaturated/α-hetero) is 1. The Labute approximate surface area is 126 Å². The minimum atomic E-state index is -0.0681.